The number of hydrogen-bond donors (Lipinski definition) is 1. The van der Waals surface area contributed by atoms with E-state index in [1.807, 2.05) is 60.1 Å². The highest BCUT2D eigenvalue weighted by atomic mass is 16.4. The molecule has 2 aromatic rings. The zero-order valence-corrected chi connectivity index (χ0v) is 11.4. The van der Waals surface area contributed by atoms with Crippen LogP contribution in [0, 0.1) is 0 Å². The maximum atomic E-state index is 11.8. The van der Waals surface area contributed by atoms with E-state index in [0.29, 0.717) is 11.1 Å². The fourth-order valence-corrected chi connectivity index (χ4v) is 3.03. The number of benzene rings is 2. The molecule has 0 unspecified atom stereocenters. The van der Waals surface area contributed by atoms with Gasteiger partial charge in [0, 0.05) is 23.3 Å². The second-order valence-electron chi connectivity index (χ2n) is 5.08. The molecule has 0 fully saturated rings. The van der Waals surface area contributed by atoms with Gasteiger partial charge in [-0.25, -0.2) is 9.78 Å². The van der Waals surface area contributed by atoms with Gasteiger partial charge in [0.2, 0.25) is 0 Å². The van der Waals surface area contributed by atoms with E-state index in [1.54, 1.807) is 0 Å². The number of para-hydroxylation sites is 2. The molecule has 2 aromatic carbocycles. The average molecular weight is 276 g/mol. The van der Waals surface area contributed by atoms with Crippen molar-refractivity contribution in [1.82, 2.24) is 9.55 Å². The van der Waals surface area contributed by atoms with Crippen LogP contribution >= 0.6 is 0 Å². The summed E-state index contributed by atoms with van der Waals surface area (Å²) in [5.41, 5.74) is 3.39. The maximum absolute atomic E-state index is 11.8. The first-order valence-electron chi connectivity index (χ1n) is 6.67. The van der Waals surface area contributed by atoms with E-state index >= 15 is 0 Å². The standard InChI is InChI=1S/C17H12N2O2/c1-19-13-9-5-3-7-11(13)14(17(20)21)15-16(19)10-6-2-4-8-12(10)18-15/h2-9H,1H3,(H,20,21). The number of aryl methyl sites for hydroxylation is 1. The molecule has 0 aromatic heterocycles. The topological polar surface area (TPSA) is 55.1 Å². The summed E-state index contributed by atoms with van der Waals surface area (Å²) >= 11 is 0. The summed E-state index contributed by atoms with van der Waals surface area (Å²) in [6, 6.07) is 15.3. The van der Waals surface area contributed by atoms with Crippen LogP contribution in [0.25, 0.3) is 33.2 Å². The van der Waals surface area contributed by atoms with Crippen LogP contribution in [0.5, 0.6) is 0 Å². The number of aromatic nitrogens is 2. The Morgan fingerprint density at radius 1 is 1.05 bits per heavy atom. The van der Waals surface area contributed by atoms with Gasteiger partial charge in [0.25, 0.3) is 0 Å². The minimum atomic E-state index is -0.945. The Kier molecular flexibility index (Phi) is 2.30. The summed E-state index contributed by atoms with van der Waals surface area (Å²) in [6.45, 7) is 0. The van der Waals surface area contributed by atoms with E-state index in [2.05, 4.69) is 4.98 Å². The van der Waals surface area contributed by atoms with Crippen molar-refractivity contribution in [1.29, 1.82) is 0 Å². The molecule has 0 aliphatic carbocycles. The monoisotopic (exact) mass is 276 g/mol. The number of carboxylic acid groups (broad SMARTS) is 1. The summed E-state index contributed by atoms with van der Waals surface area (Å²) in [5, 5.41) is 11.3. The predicted octanol–water partition coefficient (Wildman–Crippen LogP) is 3.53. The first-order valence-corrected chi connectivity index (χ1v) is 6.67. The molecule has 0 saturated heterocycles. The van der Waals surface area contributed by atoms with E-state index in [0.717, 1.165) is 22.1 Å². The van der Waals surface area contributed by atoms with Gasteiger partial charge in [-0.2, -0.15) is 0 Å². The summed E-state index contributed by atoms with van der Waals surface area (Å²) in [7, 11) is 1.95. The first kappa shape index (κ1) is 11.9. The van der Waals surface area contributed by atoms with Crippen molar-refractivity contribution in [3.8, 4) is 11.4 Å². The molecule has 2 aliphatic rings. The lowest BCUT2D eigenvalue weighted by Gasteiger charge is -2.15. The van der Waals surface area contributed by atoms with Crippen LogP contribution in [0.15, 0.2) is 48.5 Å². The molecule has 102 valence electrons. The fraction of sp³-hybridized carbons (Fsp3) is 0.0588. The van der Waals surface area contributed by atoms with Crippen LogP contribution < -0.4 is 0 Å². The highest BCUT2D eigenvalue weighted by Gasteiger charge is 2.25. The third-order valence-corrected chi connectivity index (χ3v) is 3.94. The summed E-state index contributed by atoms with van der Waals surface area (Å²) in [6.07, 6.45) is 0. The molecule has 2 heterocycles. The third-order valence-electron chi connectivity index (χ3n) is 3.94. The van der Waals surface area contributed by atoms with Crippen LogP contribution in [0.2, 0.25) is 0 Å². The van der Waals surface area contributed by atoms with Crippen LogP contribution in [0.4, 0.5) is 0 Å². The summed E-state index contributed by atoms with van der Waals surface area (Å²) < 4.78 is 2.02. The van der Waals surface area contributed by atoms with E-state index in [1.165, 1.54) is 0 Å². The Morgan fingerprint density at radius 2 is 1.71 bits per heavy atom. The molecule has 2 aliphatic heterocycles. The smallest absolute Gasteiger partial charge is 0.338 e. The molecule has 0 bridgehead atoms. The Hall–Kier alpha value is -2.88. The van der Waals surface area contributed by atoms with Gasteiger partial charge in [-0.05, 0) is 12.1 Å². The van der Waals surface area contributed by atoms with Crippen molar-refractivity contribution in [2.24, 2.45) is 7.05 Å². The number of aromatic carboxylic acids is 1. The molecule has 4 nitrogen and oxygen atoms in total. The zero-order valence-electron chi connectivity index (χ0n) is 11.4. The molecular formula is C17H12N2O2. The maximum Gasteiger partial charge on any atom is 0.338 e. The first-order chi connectivity index (χ1) is 10.2. The number of pyridine rings is 1. The lowest BCUT2D eigenvalue weighted by Crippen LogP contribution is -2.08. The Morgan fingerprint density at radius 3 is 2.48 bits per heavy atom. The highest BCUT2D eigenvalue weighted by Crippen LogP contribution is 2.37. The van der Waals surface area contributed by atoms with Crippen LogP contribution in [-0.2, 0) is 7.05 Å². The van der Waals surface area contributed by atoms with Gasteiger partial charge in [0.1, 0.15) is 5.69 Å². The Bertz CT molecular complexity index is 985. The SMILES string of the molecule is Cn1c2c3ccccc3nc-2c(C(=O)O)c2ccccc21. The second kappa shape index (κ2) is 4.06. The van der Waals surface area contributed by atoms with Gasteiger partial charge >= 0.3 is 5.97 Å². The number of hydrogen-bond acceptors (Lipinski definition) is 2. The van der Waals surface area contributed by atoms with Crippen molar-refractivity contribution >= 4 is 27.8 Å². The second-order valence-corrected chi connectivity index (χ2v) is 5.08. The molecule has 0 radical (unpaired) electrons. The largest absolute Gasteiger partial charge is 0.478 e. The lowest BCUT2D eigenvalue weighted by atomic mass is 10.0. The summed E-state index contributed by atoms with van der Waals surface area (Å²) in [4.78, 5) is 16.3. The average Bonchev–Trinajstić information content (AvgIpc) is 2.86. The molecule has 0 amide bonds. The minimum Gasteiger partial charge on any atom is -0.478 e. The van der Waals surface area contributed by atoms with Gasteiger partial charge in [0.15, 0.2) is 0 Å². The number of carboxylic acids is 1. The van der Waals surface area contributed by atoms with E-state index < -0.39 is 5.97 Å². The third kappa shape index (κ3) is 1.50. The van der Waals surface area contributed by atoms with Crippen molar-refractivity contribution in [3.05, 3.63) is 54.1 Å². The van der Waals surface area contributed by atoms with E-state index in [4.69, 9.17) is 0 Å². The number of fused-ring (bicyclic) bond motifs is 4. The summed E-state index contributed by atoms with van der Waals surface area (Å²) in [5.74, 6) is -0.945. The number of rotatable bonds is 1. The zero-order chi connectivity index (χ0) is 14.6. The molecule has 0 spiro atoms. The van der Waals surface area contributed by atoms with Crippen molar-refractivity contribution in [2.45, 2.75) is 0 Å². The van der Waals surface area contributed by atoms with Gasteiger partial charge < -0.3 is 9.67 Å². The molecule has 0 atom stereocenters. The quantitative estimate of drug-likeness (QED) is 0.578. The fourth-order valence-electron chi connectivity index (χ4n) is 3.03. The van der Waals surface area contributed by atoms with Gasteiger partial charge in [0.05, 0.1) is 16.8 Å². The molecule has 4 heteroatoms. The van der Waals surface area contributed by atoms with Gasteiger partial charge in [-0.1, -0.05) is 36.4 Å². The van der Waals surface area contributed by atoms with Crippen molar-refractivity contribution < 1.29 is 9.90 Å². The van der Waals surface area contributed by atoms with Crippen molar-refractivity contribution in [3.63, 3.8) is 0 Å². The Labute approximate surface area is 120 Å². The van der Waals surface area contributed by atoms with Gasteiger partial charge in [-0.15, -0.1) is 0 Å². The normalized spacial score (nSPS) is 11.5. The Balaban J connectivity index is 2.35. The van der Waals surface area contributed by atoms with Crippen LogP contribution in [0.3, 0.4) is 0 Å². The molecule has 4 rings (SSSR count). The van der Waals surface area contributed by atoms with E-state index in [9.17, 15) is 9.90 Å². The predicted molar refractivity (Wildman–Crippen MR) is 81.8 cm³/mol. The van der Waals surface area contributed by atoms with Crippen LogP contribution in [-0.4, -0.2) is 20.6 Å². The molecule has 21 heavy (non-hydrogen) atoms. The number of carbonyl (C=O) groups is 1. The van der Waals surface area contributed by atoms with E-state index in [-0.39, 0.29) is 5.56 Å². The van der Waals surface area contributed by atoms with Gasteiger partial charge in [-0.3, -0.25) is 0 Å². The number of nitrogens with zero attached hydrogens (tertiary/aromatic N) is 2. The van der Waals surface area contributed by atoms with Crippen LogP contribution in [0.1, 0.15) is 10.4 Å². The van der Waals surface area contributed by atoms with Crippen molar-refractivity contribution in [2.75, 3.05) is 0 Å². The molecule has 1 N–H and O–H groups in total. The molecular weight excluding hydrogens is 264 g/mol. The molecule has 0 saturated carbocycles. The minimum absolute atomic E-state index is 0.273. The highest BCUT2D eigenvalue weighted by molar-refractivity contribution is 6.12. The lowest BCUT2D eigenvalue weighted by molar-refractivity contribution is 0.0699.